The zero-order valence-electron chi connectivity index (χ0n) is 22.1. The van der Waals surface area contributed by atoms with Crippen LogP contribution in [0.4, 0.5) is 4.79 Å². The van der Waals surface area contributed by atoms with Crippen molar-refractivity contribution in [2.24, 2.45) is 0 Å². The Balaban J connectivity index is 1.35. The van der Waals surface area contributed by atoms with Crippen LogP contribution in [-0.4, -0.2) is 47.9 Å². The van der Waals surface area contributed by atoms with Gasteiger partial charge < -0.3 is 25.2 Å². The number of fused-ring (bicyclic) bond motifs is 3. The molecule has 0 spiro atoms. The number of ether oxygens (including phenoxy) is 2. The molecule has 8 nitrogen and oxygen atoms in total. The monoisotopic (exact) mass is 530 g/mol. The third-order valence-electron chi connectivity index (χ3n) is 6.92. The van der Waals surface area contributed by atoms with E-state index < -0.39 is 36.2 Å². The first-order chi connectivity index (χ1) is 18.9. The Morgan fingerprint density at radius 2 is 1.46 bits per heavy atom. The molecule has 204 valence electrons. The van der Waals surface area contributed by atoms with Gasteiger partial charge >= 0.3 is 12.1 Å². The van der Waals surface area contributed by atoms with E-state index in [2.05, 4.69) is 22.8 Å². The third-order valence-corrected chi connectivity index (χ3v) is 6.92. The van der Waals surface area contributed by atoms with E-state index >= 15 is 0 Å². The molecule has 8 heteroatoms. The van der Waals surface area contributed by atoms with Crippen LogP contribution >= 0.6 is 0 Å². The molecule has 0 radical (unpaired) electrons. The van der Waals surface area contributed by atoms with Crippen molar-refractivity contribution in [3.63, 3.8) is 0 Å². The highest BCUT2D eigenvalue weighted by Crippen LogP contribution is 2.44. The summed E-state index contributed by atoms with van der Waals surface area (Å²) < 4.78 is 11.3. The third kappa shape index (κ3) is 6.83. The van der Waals surface area contributed by atoms with Crippen LogP contribution in [-0.2, 0) is 25.7 Å². The number of nitrogens with one attached hydrogen (secondary N) is 2. The van der Waals surface area contributed by atoms with Crippen LogP contribution in [0.5, 0.6) is 0 Å². The predicted molar refractivity (Wildman–Crippen MR) is 147 cm³/mol. The lowest BCUT2D eigenvalue weighted by molar-refractivity contribution is -0.146. The summed E-state index contributed by atoms with van der Waals surface area (Å²) in [5, 5.41) is 14.9. The second-order valence-corrected chi connectivity index (χ2v) is 9.64. The molecule has 0 bridgehead atoms. The van der Waals surface area contributed by atoms with Crippen molar-refractivity contribution in [2.75, 3.05) is 6.61 Å². The smallest absolute Gasteiger partial charge is 0.407 e. The van der Waals surface area contributed by atoms with E-state index in [4.69, 9.17) is 9.47 Å². The van der Waals surface area contributed by atoms with Gasteiger partial charge in [0.2, 0.25) is 5.91 Å². The van der Waals surface area contributed by atoms with Crippen molar-refractivity contribution in [3.8, 4) is 11.1 Å². The highest BCUT2D eigenvalue weighted by atomic mass is 16.5. The van der Waals surface area contributed by atoms with Gasteiger partial charge in [0.15, 0.2) is 6.04 Å². The fraction of sp³-hybridized carbons (Fsp3) is 0.323. The minimum absolute atomic E-state index is 0.111. The number of carboxylic acid groups (broad SMARTS) is 1. The van der Waals surface area contributed by atoms with Gasteiger partial charge in [-0.3, -0.25) is 4.79 Å². The number of carbonyl (C=O) groups is 3. The molecule has 39 heavy (non-hydrogen) atoms. The van der Waals surface area contributed by atoms with Crippen LogP contribution in [0.2, 0.25) is 0 Å². The van der Waals surface area contributed by atoms with Crippen molar-refractivity contribution in [1.82, 2.24) is 10.6 Å². The van der Waals surface area contributed by atoms with Gasteiger partial charge in [0.1, 0.15) is 12.6 Å². The second-order valence-electron chi connectivity index (χ2n) is 9.64. The van der Waals surface area contributed by atoms with Gasteiger partial charge in [-0.25, -0.2) is 9.59 Å². The number of amides is 2. The first kappa shape index (κ1) is 27.9. The highest BCUT2D eigenvalue weighted by Gasteiger charge is 2.32. The minimum Gasteiger partial charge on any atom is -0.480 e. The Labute approximate surface area is 228 Å². The largest absolute Gasteiger partial charge is 0.480 e. The van der Waals surface area contributed by atoms with Crippen LogP contribution in [0.1, 0.15) is 49.3 Å². The molecule has 3 N–H and O–H groups in total. The van der Waals surface area contributed by atoms with Gasteiger partial charge in [0, 0.05) is 5.92 Å². The molecule has 3 aromatic carbocycles. The van der Waals surface area contributed by atoms with Gasteiger partial charge in [0.25, 0.3) is 0 Å². The maximum atomic E-state index is 13.0. The molecule has 0 fully saturated rings. The fourth-order valence-corrected chi connectivity index (χ4v) is 4.87. The minimum atomic E-state index is -1.29. The fourth-order valence-electron chi connectivity index (χ4n) is 4.87. The van der Waals surface area contributed by atoms with Crippen LogP contribution in [0.15, 0.2) is 78.9 Å². The summed E-state index contributed by atoms with van der Waals surface area (Å²) in [5.41, 5.74) is 5.30. The number of hydrogen-bond acceptors (Lipinski definition) is 5. The highest BCUT2D eigenvalue weighted by molar-refractivity contribution is 5.89. The van der Waals surface area contributed by atoms with E-state index in [-0.39, 0.29) is 19.1 Å². The summed E-state index contributed by atoms with van der Waals surface area (Å²) in [6.45, 7) is 3.79. The topological polar surface area (TPSA) is 114 Å². The molecule has 1 aliphatic rings. The number of carbonyl (C=O) groups excluding carboxylic acids is 2. The zero-order valence-corrected chi connectivity index (χ0v) is 22.1. The SMILES string of the molecule is CCCC(NC(=O)OCC1c2ccccc2-c2ccccc21)C(=O)NC(C(=O)O)C(C)OCc1ccccc1. The van der Waals surface area contributed by atoms with Crippen molar-refractivity contribution >= 4 is 18.0 Å². The molecule has 0 saturated carbocycles. The van der Waals surface area contributed by atoms with Gasteiger partial charge in [0.05, 0.1) is 12.7 Å². The molecule has 0 aromatic heterocycles. The van der Waals surface area contributed by atoms with Crippen molar-refractivity contribution < 1.29 is 29.0 Å². The molecule has 0 heterocycles. The van der Waals surface area contributed by atoms with Crippen LogP contribution in [0, 0.1) is 0 Å². The number of hydrogen-bond donors (Lipinski definition) is 3. The average molecular weight is 531 g/mol. The van der Waals surface area contributed by atoms with E-state index in [9.17, 15) is 19.5 Å². The van der Waals surface area contributed by atoms with Gasteiger partial charge in [-0.1, -0.05) is 92.2 Å². The van der Waals surface area contributed by atoms with Gasteiger partial charge in [-0.05, 0) is 41.2 Å². The number of benzene rings is 3. The average Bonchev–Trinajstić information content (AvgIpc) is 3.27. The number of carboxylic acids is 1. The molecule has 3 unspecified atom stereocenters. The summed E-state index contributed by atoms with van der Waals surface area (Å²) in [7, 11) is 0. The Morgan fingerprint density at radius 1 is 0.872 bits per heavy atom. The Morgan fingerprint density at radius 3 is 2.05 bits per heavy atom. The van der Waals surface area contributed by atoms with Gasteiger partial charge in [-0.15, -0.1) is 0 Å². The summed E-state index contributed by atoms with van der Waals surface area (Å²) >= 11 is 0. The molecule has 4 rings (SSSR count). The van der Waals surface area contributed by atoms with E-state index in [0.29, 0.717) is 12.8 Å². The molecule has 2 amide bonds. The molecule has 3 aromatic rings. The Hall–Kier alpha value is -4.17. The van der Waals surface area contributed by atoms with Crippen molar-refractivity contribution in [1.29, 1.82) is 0 Å². The molecular weight excluding hydrogens is 496 g/mol. The van der Waals surface area contributed by atoms with Crippen molar-refractivity contribution in [2.45, 2.75) is 57.4 Å². The number of aliphatic carboxylic acids is 1. The lowest BCUT2D eigenvalue weighted by atomic mass is 9.98. The normalized spacial score (nSPS) is 14.4. The molecule has 0 saturated heterocycles. The molecule has 3 atom stereocenters. The lowest BCUT2D eigenvalue weighted by Gasteiger charge is -2.25. The Bertz CT molecular complexity index is 1250. The summed E-state index contributed by atoms with van der Waals surface area (Å²) in [6.07, 6.45) is -0.615. The quantitative estimate of drug-likeness (QED) is 0.308. The molecule has 1 aliphatic carbocycles. The van der Waals surface area contributed by atoms with E-state index in [1.807, 2.05) is 73.7 Å². The number of alkyl carbamates (subject to hydrolysis) is 1. The van der Waals surface area contributed by atoms with E-state index in [1.165, 1.54) is 0 Å². The molecule has 0 aliphatic heterocycles. The van der Waals surface area contributed by atoms with Crippen LogP contribution in [0.3, 0.4) is 0 Å². The van der Waals surface area contributed by atoms with Gasteiger partial charge in [-0.2, -0.15) is 0 Å². The van der Waals surface area contributed by atoms with Crippen LogP contribution < -0.4 is 10.6 Å². The summed E-state index contributed by atoms with van der Waals surface area (Å²) in [4.78, 5) is 37.8. The Kier molecular flexibility index (Phi) is 9.33. The standard InChI is InChI=1S/C31H34N2O6/c1-3-11-27(29(34)33-28(30(35)36)20(2)38-18-21-12-5-4-6-13-21)32-31(37)39-19-26-24-16-9-7-14-22(24)23-15-8-10-17-25(23)26/h4-10,12-17,20,26-28H,3,11,18-19H2,1-2H3,(H,32,37)(H,33,34)(H,35,36). The van der Waals surface area contributed by atoms with Crippen molar-refractivity contribution in [3.05, 3.63) is 95.6 Å². The second kappa shape index (κ2) is 13.1. The lowest BCUT2D eigenvalue weighted by Crippen LogP contribution is -2.55. The summed E-state index contributed by atoms with van der Waals surface area (Å²) in [5.74, 6) is -1.94. The maximum absolute atomic E-state index is 13.0. The van der Waals surface area contributed by atoms with Crippen LogP contribution in [0.25, 0.3) is 11.1 Å². The maximum Gasteiger partial charge on any atom is 0.407 e. The molecular formula is C31H34N2O6. The van der Waals surface area contributed by atoms with E-state index in [1.54, 1.807) is 6.92 Å². The first-order valence-corrected chi connectivity index (χ1v) is 13.2. The first-order valence-electron chi connectivity index (χ1n) is 13.2. The zero-order chi connectivity index (χ0) is 27.8. The predicted octanol–water partition coefficient (Wildman–Crippen LogP) is 4.87. The van der Waals surface area contributed by atoms with E-state index in [0.717, 1.165) is 27.8 Å². The number of rotatable bonds is 12. The summed E-state index contributed by atoms with van der Waals surface area (Å²) in [6, 6.07) is 23.2.